The molecule has 0 spiro atoms. The summed E-state index contributed by atoms with van der Waals surface area (Å²) in [5.41, 5.74) is 5.70. The summed E-state index contributed by atoms with van der Waals surface area (Å²) < 4.78 is 5.38. The normalized spacial score (nSPS) is 10.8. The second kappa shape index (κ2) is 10.1. The Balaban J connectivity index is 1.97. The molecule has 0 aliphatic carbocycles. The van der Waals surface area contributed by atoms with Crippen LogP contribution in [-0.2, 0) is 4.74 Å². The molecule has 2 N–H and O–H groups in total. The average molecular weight is 453 g/mol. The monoisotopic (exact) mass is 452 g/mol. The molecule has 0 radical (unpaired) electrons. The molecule has 3 rings (SSSR count). The van der Waals surface area contributed by atoms with Crippen LogP contribution >= 0.6 is 23.6 Å². The summed E-state index contributed by atoms with van der Waals surface area (Å²) in [4.78, 5) is 13.9. The molecule has 162 valence electrons. The number of para-hydroxylation sites is 1. The first kappa shape index (κ1) is 23.0. The van der Waals surface area contributed by atoms with E-state index in [1.165, 1.54) is 16.9 Å². The van der Waals surface area contributed by atoms with Crippen LogP contribution in [0, 0.1) is 13.8 Å². The average Bonchev–Trinajstić information content (AvgIpc) is 3.05. The lowest BCUT2D eigenvalue weighted by atomic mass is 9.98. The van der Waals surface area contributed by atoms with Crippen LogP contribution < -0.4 is 10.6 Å². The summed E-state index contributed by atoms with van der Waals surface area (Å²) in [7, 11) is 0. The van der Waals surface area contributed by atoms with Crippen molar-refractivity contribution >= 4 is 45.3 Å². The Kier molecular flexibility index (Phi) is 7.46. The summed E-state index contributed by atoms with van der Waals surface area (Å²) in [6.07, 6.45) is 0. The van der Waals surface area contributed by atoms with Gasteiger partial charge < -0.3 is 15.4 Å². The Morgan fingerprint density at radius 1 is 1.06 bits per heavy atom. The van der Waals surface area contributed by atoms with Gasteiger partial charge in [-0.05, 0) is 55.6 Å². The number of ether oxygens (including phenoxy) is 1. The van der Waals surface area contributed by atoms with E-state index >= 15 is 0 Å². The van der Waals surface area contributed by atoms with Crippen molar-refractivity contribution in [3.05, 3.63) is 70.1 Å². The molecule has 0 unspecified atom stereocenters. The highest BCUT2D eigenvalue weighted by molar-refractivity contribution is 7.80. The van der Waals surface area contributed by atoms with Gasteiger partial charge in [0.25, 0.3) is 0 Å². The largest absolute Gasteiger partial charge is 0.462 e. The highest BCUT2D eigenvalue weighted by Crippen LogP contribution is 2.40. The summed E-state index contributed by atoms with van der Waals surface area (Å²) >= 11 is 7.14. The maximum atomic E-state index is 12.9. The van der Waals surface area contributed by atoms with Gasteiger partial charge in [-0.3, -0.25) is 0 Å². The number of carbonyl (C=O) groups excluding carboxylic acids is 1. The molecule has 0 aliphatic rings. The Morgan fingerprint density at radius 3 is 2.42 bits per heavy atom. The number of thiophene rings is 1. The minimum absolute atomic E-state index is 0.311. The number of anilines is 2. The molecular weight excluding hydrogens is 424 g/mol. The maximum absolute atomic E-state index is 12.9. The zero-order valence-electron chi connectivity index (χ0n) is 18.5. The Hall–Kier alpha value is -2.70. The number of hydrogen-bond acceptors (Lipinski definition) is 4. The minimum Gasteiger partial charge on any atom is -0.462 e. The van der Waals surface area contributed by atoms with E-state index < -0.39 is 0 Å². The first-order valence-corrected chi connectivity index (χ1v) is 11.6. The summed E-state index contributed by atoms with van der Waals surface area (Å²) in [6.45, 7) is 10.5. The van der Waals surface area contributed by atoms with Crippen molar-refractivity contribution in [3.8, 4) is 11.1 Å². The quantitative estimate of drug-likeness (QED) is 0.307. The summed E-state index contributed by atoms with van der Waals surface area (Å²) in [5.74, 6) is 0.00345. The molecule has 0 amide bonds. The molecule has 6 heteroatoms. The van der Waals surface area contributed by atoms with E-state index in [9.17, 15) is 4.79 Å². The van der Waals surface area contributed by atoms with Gasteiger partial charge in [0, 0.05) is 16.1 Å². The lowest BCUT2D eigenvalue weighted by molar-refractivity contribution is 0.0529. The number of nitrogens with one attached hydrogen (secondary N) is 2. The number of esters is 1. The first-order chi connectivity index (χ1) is 14.8. The maximum Gasteiger partial charge on any atom is 0.341 e. The van der Waals surface area contributed by atoms with Gasteiger partial charge in [0.05, 0.1) is 6.61 Å². The van der Waals surface area contributed by atoms with Crippen molar-refractivity contribution in [3.63, 3.8) is 0 Å². The zero-order valence-corrected chi connectivity index (χ0v) is 20.2. The van der Waals surface area contributed by atoms with E-state index in [0.29, 0.717) is 28.2 Å². The Morgan fingerprint density at radius 2 is 1.77 bits per heavy atom. The zero-order chi connectivity index (χ0) is 22.5. The number of carbonyl (C=O) groups is 1. The minimum atomic E-state index is -0.352. The fourth-order valence-corrected chi connectivity index (χ4v) is 4.91. The number of benzene rings is 2. The van der Waals surface area contributed by atoms with E-state index in [0.717, 1.165) is 27.3 Å². The predicted molar refractivity (Wildman–Crippen MR) is 136 cm³/mol. The van der Waals surface area contributed by atoms with E-state index in [1.54, 1.807) is 0 Å². The predicted octanol–water partition coefficient (Wildman–Crippen LogP) is 7.14. The van der Waals surface area contributed by atoms with Gasteiger partial charge in [-0.15, -0.1) is 11.3 Å². The second-order valence-corrected chi connectivity index (χ2v) is 9.23. The van der Waals surface area contributed by atoms with Crippen LogP contribution in [0.4, 0.5) is 10.7 Å². The van der Waals surface area contributed by atoms with Crippen molar-refractivity contribution in [2.75, 3.05) is 17.2 Å². The third-order valence-corrected chi connectivity index (χ3v) is 6.24. The second-order valence-electron chi connectivity index (χ2n) is 7.60. The Bertz CT molecular complexity index is 1090. The van der Waals surface area contributed by atoms with Crippen LogP contribution in [0.15, 0.2) is 48.5 Å². The molecule has 31 heavy (non-hydrogen) atoms. The lowest BCUT2D eigenvalue weighted by Crippen LogP contribution is -2.21. The van der Waals surface area contributed by atoms with Crippen molar-refractivity contribution in [2.45, 2.75) is 40.5 Å². The van der Waals surface area contributed by atoms with Crippen LogP contribution in [0.2, 0.25) is 0 Å². The van der Waals surface area contributed by atoms with E-state index in [-0.39, 0.29) is 5.97 Å². The van der Waals surface area contributed by atoms with E-state index in [4.69, 9.17) is 17.0 Å². The molecule has 2 aromatic carbocycles. The van der Waals surface area contributed by atoms with Gasteiger partial charge >= 0.3 is 5.97 Å². The number of rotatable bonds is 6. The van der Waals surface area contributed by atoms with E-state index in [2.05, 4.69) is 49.6 Å². The van der Waals surface area contributed by atoms with Crippen molar-refractivity contribution in [1.82, 2.24) is 0 Å². The molecule has 0 saturated carbocycles. The lowest BCUT2D eigenvalue weighted by Gasteiger charge is -2.18. The van der Waals surface area contributed by atoms with Gasteiger partial charge in [-0.25, -0.2) is 4.79 Å². The molecule has 3 aromatic rings. The Labute approximate surface area is 193 Å². The number of hydrogen-bond donors (Lipinski definition) is 2. The van der Waals surface area contributed by atoms with Crippen molar-refractivity contribution < 1.29 is 9.53 Å². The molecule has 1 heterocycles. The highest BCUT2D eigenvalue weighted by Gasteiger charge is 2.25. The van der Waals surface area contributed by atoms with E-state index in [1.807, 2.05) is 44.2 Å². The first-order valence-electron chi connectivity index (χ1n) is 10.4. The summed E-state index contributed by atoms with van der Waals surface area (Å²) in [6, 6.07) is 16.1. The van der Waals surface area contributed by atoms with Gasteiger partial charge in [0.1, 0.15) is 10.6 Å². The van der Waals surface area contributed by atoms with Gasteiger partial charge in [0.15, 0.2) is 5.11 Å². The van der Waals surface area contributed by atoms with Crippen LogP contribution in [-0.4, -0.2) is 17.7 Å². The molecule has 0 atom stereocenters. The standard InChI is InChI=1S/C25H28N2O2S2/c1-6-29-24(28)21-20(18-12-8-7-9-13-18)17(5)31-23(21)27-25(30)26-22-16(4)11-10-14-19(22)15(2)3/h7-15H,6H2,1-5H3,(H2,26,27,30). The molecular formula is C25H28N2O2S2. The van der Waals surface area contributed by atoms with Crippen molar-refractivity contribution in [2.24, 2.45) is 0 Å². The van der Waals surface area contributed by atoms with Gasteiger partial charge in [-0.1, -0.05) is 62.4 Å². The third kappa shape index (κ3) is 5.14. The smallest absolute Gasteiger partial charge is 0.341 e. The highest BCUT2D eigenvalue weighted by atomic mass is 32.1. The molecule has 0 bridgehead atoms. The molecule has 1 aromatic heterocycles. The number of aryl methyl sites for hydroxylation is 2. The van der Waals surface area contributed by atoms with Gasteiger partial charge in [-0.2, -0.15) is 0 Å². The van der Waals surface area contributed by atoms with Crippen LogP contribution in [0.3, 0.4) is 0 Å². The third-order valence-electron chi connectivity index (χ3n) is 5.02. The topological polar surface area (TPSA) is 50.4 Å². The molecule has 0 saturated heterocycles. The molecule has 0 aliphatic heterocycles. The number of thiocarbonyl (C=S) groups is 1. The van der Waals surface area contributed by atoms with Crippen molar-refractivity contribution in [1.29, 1.82) is 0 Å². The SMILES string of the molecule is CCOC(=O)c1c(NC(=S)Nc2c(C)cccc2C(C)C)sc(C)c1-c1ccccc1. The molecule has 4 nitrogen and oxygen atoms in total. The van der Waals surface area contributed by atoms with Crippen LogP contribution in [0.1, 0.15) is 53.1 Å². The molecule has 0 fully saturated rings. The van der Waals surface area contributed by atoms with Crippen LogP contribution in [0.5, 0.6) is 0 Å². The van der Waals surface area contributed by atoms with Crippen LogP contribution in [0.25, 0.3) is 11.1 Å². The summed E-state index contributed by atoms with van der Waals surface area (Å²) in [5, 5.41) is 7.74. The fraction of sp³-hybridized carbons (Fsp3) is 0.280. The van der Waals surface area contributed by atoms with Gasteiger partial charge in [0.2, 0.25) is 0 Å². The fourth-order valence-electron chi connectivity index (χ4n) is 3.57.